The lowest BCUT2D eigenvalue weighted by molar-refractivity contribution is -0.137. The van der Waals surface area contributed by atoms with Gasteiger partial charge in [-0.05, 0) is 31.6 Å². The van der Waals surface area contributed by atoms with Crippen LogP contribution in [0.1, 0.15) is 32.1 Å². The van der Waals surface area contributed by atoms with Gasteiger partial charge in [0.05, 0.1) is 6.42 Å². The van der Waals surface area contributed by atoms with Crippen LogP contribution < -0.4 is 10.6 Å². The number of aliphatic carboxylic acids is 1. The van der Waals surface area contributed by atoms with Crippen LogP contribution >= 0.6 is 0 Å². The molecule has 7 nitrogen and oxygen atoms in total. The Hall–Kier alpha value is -1.79. The highest BCUT2D eigenvalue weighted by Gasteiger charge is 2.35. The lowest BCUT2D eigenvalue weighted by Crippen LogP contribution is -2.50. The highest BCUT2D eigenvalue weighted by molar-refractivity contribution is 5.79. The molecule has 0 aromatic carbocycles. The molecule has 3 amide bonds. The van der Waals surface area contributed by atoms with Gasteiger partial charge in [0.1, 0.15) is 0 Å². The van der Waals surface area contributed by atoms with E-state index in [1.54, 1.807) is 11.9 Å². The molecule has 21 heavy (non-hydrogen) atoms. The first-order valence-electron chi connectivity index (χ1n) is 7.50. The number of rotatable bonds is 5. The molecule has 1 saturated heterocycles. The van der Waals surface area contributed by atoms with Crippen LogP contribution in [0.2, 0.25) is 0 Å². The smallest absolute Gasteiger partial charge is 0.317 e. The molecule has 2 aliphatic rings. The van der Waals surface area contributed by atoms with Gasteiger partial charge >= 0.3 is 12.0 Å². The number of carboxylic acid groups (broad SMARTS) is 1. The van der Waals surface area contributed by atoms with E-state index in [0.717, 1.165) is 12.8 Å². The molecule has 1 heterocycles. The molecule has 0 radical (unpaired) electrons. The van der Waals surface area contributed by atoms with Crippen LogP contribution in [0.4, 0.5) is 4.79 Å². The number of piperidine rings is 1. The predicted molar refractivity (Wildman–Crippen MR) is 75.7 cm³/mol. The predicted octanol–water partition coefficient (Wildman–Crippen LogP) is 0.407. The van der Waals surface area contributed by atoms with Crippen molar-refractivity contribution in [2.45, 2.75) is 38.1 Å². The highest BCUT2D eigenvalue weighted by atomic mass is 16.4. The van der Waals surface area contributed by atoms with E-state index in [0.29, 0.717) is 31.8 Å². The van der Waals surface area contributed by atoms with Crippen molar-refractivity contribution in [2.75, 3.05) is 20.1 Å². The first-order valence-corrected chi connectivity index (χ1v) is 7.50. The molecule has 1 aliphatic heterocycles. The highest BCUT2D eigenvalue weighted by Crippen LogP contribution is 2.34. The van der Waals surface area contributed by atoms with Crippen molar-refractivity contribution in [3.63, 3.8) is 0 Å². The number of nitrogens with zero attached hydrogens (tertiary/aromatic N) is 1. The average Bonchev–Trinajstić information content (AvgIpc) is 3.30. The van der Waals surface area contributed by atoms with Crippen LogP contribution in [0.25, 0.3) is 0 Å². The zero-order valence-electron chi connectivity index (χ0n) is 12.3. The van der Waals surface area contributed by atoms with E-state index in [2.05, 4.69) is 10.6 Å². The number of hydrogen-bond acceptors (Lipinski definition) is 3. The third-order valence-electron chi connectivity index (χ3n) is 4.29. The van der Waals surface area contributed by atoms with Crippen molar-refractivity contribution in [3.05, 3.63) is 0 Å². The van der Waals surface area contributed by atoms with Gasteiger partial charge in [-0.3, -0.25) is 9.59 Å². The second-order valence-electron chi connectivity index (χ2n) is 5.87. The maximum Gasteiger partial charge on any atom is 0.317 e. The molecular formula is C14H23N3O4. The molecule has 1 saturated carbocycles. The van der Waals surface area contributed by atoms with Crippen molar-refractivity contribution < 1.29 is 19.5 Å². The Balaban J connectivity index is 1.81. The topological polar surface area (TPSA) is 98.7 Å². The fourth-order valence-electron chi connectivity index (χ4n) is 2.82. The largest absolute Gasteiger partial charge is 0.481 e. The quantitative estimate of drug-likeness (QED) is 0.684. The molecule has 3 N–H and O–H groups in total. The van der Waals surface area contributed by atoms with Gasteiger partial charge < -0.3 is 20.6 Å². The Kier molecular flexibility index (Phi) is 5.03. The van der Waals surface area contributed by atoms with Gasteiger partial charge in [0.2, 0.25) is 5.91 Å². The van der Waals surface area contributed by atoms with Crippen LogP contribution in [-0.4, -0.2) is 54.1 Å². The minimum absolute atomic E-state index is 0.0227. The van der Waals surface area contributed by atoms with E-state index in [4.69, 9.17) is 5.11 Å². The number of urea groups is 1. The van der Waals surface area contributed by atoms with E-state index in [1.165, 1.54) is 0 Å². The number of amides is 3. The molecule has 1 atom stereocenters. The lowest BCUT2D eigenvalue weighted by atomic mass is 9.96. The Morgan fingerprint density at radius 3 is 2.29 bits per heavy atom. The maximum atomic E-state index is 12.2. The van der Waals surface area contributed by atoms with E-state index in [9.17, 15) is 14.4 Å². The standard InChI is InChI=1S/C14H23N3O4/c1-15-13(20)10-4-6-17(7-5-10)14(21)16-11(8-12(18)19)9-2-3-9/h9-11H,2-8H2,1H3,(H,15,20)(H,16,21)(H,18,19). The lowest BCUT2D eigenvalue weighted by Gasteiger charge is -2.32. The normalized spacial score (nSPS) is 20.7. The minimum Gasteiger partial charge on any atom is -0.481 e. The fraction of sp³-hybridized carbons (Fsp3) is 0.786. The van der Waals surface area contributed by atoms with Gasteiger partial charge in [0.15, 0.2) is 0 Å². The van der Waals surface area contributed by atoms with Gasteiger partial charge in [-0.25, -0.2) is 4.79 Å². The van der Waals surface area contributed by atoms with E-state index in [-0.39, 0.29) is 30.3 Å². The van der Waals surface area contributed by atoms with Crippen LogP contribution in [0.5, 0.6) is 0 Å². The van der Waals surface area contributed by atoms with Crippen molar-refractivity contribution in [3.8, 4) is 0 Å². The summed E-state index contributed by atoms with van der Waals surface area (Å²) in [5.74, 6) is -0.590. The molecule has 1 unspecified atom stereocenters. The number of hydrogen-bond donors (Lipinski definition) is 3. The van der Waals surface area contributed by atoms with E-state index >= 15 is 0 Å². The molecule has 2 fully saturated rings. The van der Waals surface area contributed by atoms with Gasteiger partial charge in [0.25, 0.3) is 0 Å². The van der Waals surface area contributed by atoms with Crippen molar-refractivity contribution >= 4 is 17.9 Å². The Bertz CT molecular complexity index is 414. The zero-order chi connectivity index (χ0) is 15.4. The summed E-state index contributed by atoms with van der Waals surface area (Å²) in [7, 11) is 1.62. The summed E-state index contributed by atoms with van der Waals surface area (Å²) < 4.78 is 0. The van der Waals surface area contributed by atoms with Crippen molar-refractivity contribution in [1.82, 2.24) is 15.5 Å². The summed E-state index contributed by atoms with van der Waals surface area (Å²) in [6.45, 7) is 1.07. The second-order valence-corrected chi connectivity index (χ2v) is 5.87. The minimum atomic E-state index is -0.884. The first-order chi connectivity index (χ1) is 10.0. The number of carbonyl (C=O) groups excluding carboxylic acids is 2. The molecule has 0 bridgehead atoms. The van der Waals surface area contributed by atoms with E-state index in [1.807, 2.05) is 0 Å². The van der Waals surface area contributed by atoms with Gasteiger partial charge in [0, 0.05) is 32.1 Å². The van der Waals surface area contributed by atoms with Gasteiger partial charge in [-0.2, -0.15) is 0 Å². The molecule has 0 spiro atoms. The molecular weight excluding hydrogens is 274 g/mol. The summed E-state index contributed by atoms with van der Waals surface area (Å²) in [4.78, 5) is 36.3. The molecule has 2 rings (SSSR count). The summed E-state index contributed by atoms with van der Waals surface area (Å²) in [5.41, 5.74) is 0. The van der Waals surface area contributed by atoms with Gasteiger partial charge in [-0.15, -0.1) is 0 Å². The second kappa shape index (κ2) is 6.78. The van der Waals surface area contributed by atoms with Crippen LogP contribution in [-0.2, 0) is 9.59 Å². The van der Waals surface area contributed by atoms with Gasteiger partial charge in [-0.1, -0.05) is 0 Å². The average molecular weight is 297 g/mol. The maximum absolute atomic E-state index is 12.2. The molecule has 1 aliphatic carbocycles. The number of carbonyl (C=O) groups is 3. The van der Waals surface area contributed by atoms with Crippen molar-refractivity contribution in [1.29, 1.82) is 0 Å². The van der Waals surface area contributed by atoms with Crippen LogP contribution in [0.3, 0.4) is 0 Å². The number of carboxylic acids is 1. The Morgan fingerprint density at radius 1 is 1.19 bits per heavy atom. The Morgan fingerprint density at radius 2 is 1.81 bits per heavy atom. The summed E-state index contributed by atoms with van der Waals surface area (Å²) in [5, 5.41) is 14.4. The van der Waals surface area contributed by atoms with Crippen molar-refractivity contribution in [2.24, 2.45) is 11.8 Å². The van der Waals surface area contributed by atoms with Crippen LogP contribution in [0, 0.1) is 11.8 Å². The monoisotopic (exact) mass is 297 g/mol. The third kappa shape index (κ3) is 4.34. The third-order valence-corrected chi connectivity index (χ3v) is 4.29. The number of likely N-dealkylation sites (tertiary alicyclic amines) is 1. The SMILES string of the molecule is CNC(=O)C1CCN(C(=O)NC(CC(=O)O)C2CC2)CC1. The van der Waals surface area contributed by atoms with Crippen LogP contribution in [0.15, 0.2) is 0 Å². The molecule has 0 aromatic heterocycles. The summed E-state index contributed by atoms with van der Waals surface area (Å²) in [6, 6.07) is -0.477. The first kappa shape index (κ1) is 15.6. The number of nitrogens with one attached hydrogen (secondary N) is 2. The summed E-state index contributed by atoms with van der Waals surface area (Å²) >= 11 is 0. The molecule has 118 valence electrons. The van der Waals surface area contributed by atoms with E-state index < -0.39 is 5.97 Å². The summed E-state index contributed by atoms with van der Waals surface area (Å²) in [6.07, 6.45) is 3.25. The Labute approximate surface area is 124 Å². The zero-order valence-corrected chi connectivity index (χ0v) is 12.3. The molecule has 0 aromatic rings. The molecule has 7 heteroatoms. The fourth-order valence-corrected chi connectivity index (χ4v) is 2.82.